The Morgan fingerprint density at radius 3 is 2.17 bits per heavy atom. The molecule has 2 heteroatoms. The number of aliphatic hydroxyl groups is 1. The van der Waals surface area contributed by atoms with Crippen LogP contribution >= 0.6 is 0 Å². The van der Waals surface area contributed by atoms with E-state index in [1.54, 1.807) is 6.92 Å². The molecule has 0 rings (SSSR count). The number of carbonyl (C=O) groups is 1. The third kappa shape index (κ3) is 3.18. The molecule has 0 aromatic rings. The van der Waals surface area contributed by atoms with Gasteiger partial charge in [0.15, 0.2) is 5.78 Å². The first-order valence-corrected chi connectivity index (χ1v) is 4.37. The summed E-state index contributed by atoms with van der Waals surface area (Å²) in [4.78, 5) is 10.9. The van der Waals surface area contributed by atoms with Crippen LogP contribution in [0.2, 0.25) is 0 Å². The fourth-order valence-corrected chi connectivity index (χ4v) is 1.02. The molecule has 2 nitrogen and oxygen atoms in total. The van der Waals surface area contributed by atoms with Crippen LogP contribution in [0.3, 0.4) is 0 Å². The second kappa shape index (κ2) is 5.09. The van der Waals surface area contributed by atoms with E-state index in [-0.39, 0.29) is 5.78 Å². The highest BCUT2D eigenvalue weighted by Gasteiger charge is 2.10. The van der Waals surface area contributed by atoms with Gasteiger partial charge in [0, 0.05) is 0 Å². The van der Waals surface area contributed by atoms with Crippen LogP contribution in [0.5, 0.6) is 0 Å². The molecule has 0 amide bonds. The van der Waals surface area contributed by atoms with E-state index in [0.29, 0.717) is 5.57 Å². The Morgan fingerprint density at radius 1 is 1.33 bits per heavy atom. The van der Waals surface area contributed by atoms with Gasteiger partial charge >= 0.3 is 0 Å². The molecule has 0 saturated heterocycles. The summed E-state index contributed by atoms with van der Waals surface area (Å²) in [6.07, 6.45) is 1.22. The first-order valence-electron chi connectivity index (χ1n) is 4.37. The predicted octanol–water partition coefficient (Wildman–Crippen LogP) is 2.07. The second-order valence-corrected chi connectivity index (χ2v) is 3.17. The minimum atomic E-state index is -0.445. The molecule has 0 aromatic heterocycles. The Hall–Kier alpha value is -0.630. The highest BCUT2D eigenvalue weighted by atomic mass is 16.3. The second-order valence-electron chi connectivity index (χ2n) is 3.17. The molecule has 0 fully saturated rings. The van der Waals surface area contributed by atoms with Gasteiger partial charge in [-0.2, -0.15) is 0 Å². The van der Waals surface area contributed by atoms with Gasteiger partial charge in [0.1, 0.15) is 0 Å². The first-order chi connectivity index (χ1) is 5.50. The van der Waals surface area contributed by atoms with Crippen LogP contribution in [0.15, 0.2) is 11.1 Å². The Morgan fingerprint density at radius 2 is 1.83 bits per heavy atom. The zero-order valence-electron chi connectivity index (χ0n) is 8.35. The van der Waals surface area contributed by atoms with Gasteiger partial charge in [0.05, 0.1) is 6.10 Å². The molecule has 1 atom stereocenters. The largest absolute Gasteiger partial charge is 0.389 e. The number of Topliss-reactive ketones (excluding diaryl/α,β-unsaturated/α-hetero) is 1. The molecule has 0 aromatic carbocycles. The number of rotatable bonds is 4. The molecule has 12 heavy (non-hydrogen) atoms. The predicted molar refractivity (Wildman–Crippen MR) is 50.0 cm³/mol. The Balaban J connectivity index is 4.43. The molecular formula is C10H18O2. The normalized spacial score (nSPS) is 15.4. The quantitative estimate of drug-likeness (QED) is 0.656. The van der Waals surface area contributed by atoms with Crippen molar-refractivity contribution in [1.29, 1.82) is 0 Å². The minimum Gasteiger partial charge on any atom is -0.389 e. The monoisotopic (exact) mass is 170 g/mol. The SMILES string of the molecule is CCCC(O)C(C)=C(C)C(C)=O. The van der Waals surface area contributed by atoms with Gasteiger partial charge in [-0.05, 0) is 38.3 Å². The van der Waals surface area contributed by atoms with E-state index in [0.717, 1.165) is 18.4 Å². The number of aliphatic hydroxyl groups excluding tert-OH is 1. The first kappa shape index (κ1) is 11.4. The summed E-state index contributed by atoms with van der Waals surface area (Å²) in [6.45, 7) is 7.12. The van der Waals surface area contributed by atoms with E-state index < -0.39 is 6.10 Å². The van der Waals surface area contributed by atoms with Gasteiger partial charge in [-0.15, -0.1) is 0 Å². The summed E-state index contributed by atoms with van der Waals surface area (Å²) in [5.41, 5.74) is 1.50. The molecule has 0 aliphatic carbocycles. The van der Waals surface area contributed by atoms with E-state index >= 15 is 0 Å². The van der Waals surface area contributed by atoms with E-state index in [9.17, 15) is 9.90 Å². The van der Waals surface area contributed by atoms with Crippen molar-refractivity contribution in [2.45, 2.75) is 46.6 Å². The standard InChI is InChI=1S/C10H18O2/c1-5-6-10(12)8(3)7(2)9(4)11/h10,12H,5-6H2,1-4H3. The number of allylic oxidation sites excluding steroid dienone is 1. The number of ketones is 1. The molecule has 0 radical (unpaired) electrons. The fraction of sp³-hybridized carbons (Fsp3) is 0.700. The number of hydrogen-bond acceptors (Lipinski definition) is 2. The van der Waals surface area contributed by atoms with Crippen LogP contribution in [-0.2, 0) is 4.79 Å². The van der Waals surface area contributed by atoms with E-state index in [2.05, 4.69) is 0 Å². The average molecular weight is 170 g/mol. The zero-order chi connectivity index (χ0) is 9.72. The molecule has 0 saturated carbocycles. The summed E-state index contributed by atoms with van der Waals surface area (Å²) in [7, 11) is 0. The summed E-state index contributed by atoms with van der Waals surface area (Å²) < 4.78 is 0. The molecule has 1 unspecified atom stereocenters. The molecule has 0 aliphatic rings. The molecule has 0 aliphatic heterocycles. The topological polar surface area (TPSA) is 37.3 Å². The van der Waals surface area contributed by atoms with Crippen molar-refractivity contribution >= 4 is 5.78 Å². The van der Waals surface area contributed by atoms with Crippen molar-refractivity contribution in [2.24, 2.45) is 0 Å². The van der Waals surface area contributed by atoms with Crippen molar-refractivity contribution < 1.29 is 9.90 Å². The Labute approximate surface area is 74.3 Å². The summed E-state index contributed by atoms with van der Waals surface area (Å²) in [5, 5.41) is 9.53. The van der Waals surface area contributed by atoms with Crippen molar-refractivity contribution in [3.05, 3.63) is 11.1 Å². The molecule has 0 spiro atoms. The lowest BCUT2D eigenvalue weighted by atomic mass is 10.00. The van der Waals surface area contributed by atoms with Gasteiger partial charge in [0.25, 0.3) is 0 Å². The maximum Gasteiger partial charge on any atom is 0.155 e. The van der Waals surface area contributed by atoms with Crippen molar-refractivity contribution in [3.8, 4) is 0 Å². The van der Waals surface area contributed by atoms with Crippen LogP contribution < -0.4 is 0 Å². The summed E-state index contributed by atoms with van der Waals surface area (Å²) in [6, 6.07) is 0. The molecule has 1 N–H and O–H groups in total. The third-order valence-electron chi connectivity index (χ3n) is 2.18. The average Bonchev–Trinajstić information content (AvgIpc) is 2.02. The maximum absolute atomic E-state index is 10.9. The number of hydrogen-bond donors (Lipinski definition) is 1. The van der Waals surface area contributed by atoms with Gasteiger partial charge in [-0.3, -0.25) is 4.79 Å². The molecular weight excluding hydrogens is 152 g/mol. The van der Waals surface area contributed by atoms with Gasteiger partial charge < -0.3 is 5.11 Å². The van der Waals surface area contributed by atoms with Gasteiger partial charge in [-0.1, -0.05) is 13.3 Å². The van der Waals surface area contributed by atoms with Crippen molar-refractivity contribution in [2.75, 3.05) is 0 Å². The fourth-order valence-electron chi connectivity index (χ4n) is 1.02. The smallest absolute Gasteiger partial charge is 0.155 e. The zero-order valence-corrected chi connectivity index (χ0v) is 8.35. The number of carbonyl (C=O) groups excluding carboxylic acids is 1. The van der Waals surface area contributed by atoms with Crippen LogP contribution in [0.1, 0.15) is 40.5 Å². The Bertz CT molecular complexity index is 192. The third-order valence-corrected chi connectivity index (χ3v) is 2.18. The maximum atomic E-state index is 10.9. The van der Waals surface area contributed by atoms with Gasteiger partial charge in [0.2, 0.25) is 0 Å². The molecule has 0 heterocycles. The lowest BCUT2D eigenvalue weighted by molar-refractivity contribution is -0.113. The van der Waals surface area contributed by atoms with Crippen LogP contribution in [0.25, 0.3) is 0 Å². The molecule has 70 valence electrons. The highest BCUT2D eigenvalue weighted by molar-refractivity contribution is 5.93. The van der Waals surface area contributed by atoms with E-state index in [1.165, 1.54) is 6.92 Å². The van der Waals surface area contributed by atoms with Crippen molar-refractivity contribution in [3.63, 3.8) is 0 Å². The Kier molecular flexibility index (Phi) is 4.83. The van der Waals surface area contributed by atoms with Crippen LogP contribution in [0, 0.1) is 0 Å². The molecule has 0 bridgehead atoms. The summed E-state index contributed by atoms with van der Waals surface area (Å²) in [5.74, 6) is 0.0441. The summed E-state index contributed by atoms with van der Waals surface area (Å²) >= 11 is 0. The van der Waals surface area contributed by atoms with E-state index in [4.69, 9.17) is 0 Å². The van der Waals surface area contributed by atoms with Crippen LogP contribution in [-0.4, -0.2) is 17.0 Å². The lowest BCUT2D eigenvalue weighted by Gasteiger charge is -2.11. The minimum absolute atomic E-state index is 0.0441. The lowest BCUT2D eigenvalue weighted by Crippen LogP contribution is -2.11. The highest BCUT2D eigenvalue weighted by Crippen LogP contribution is 2.13. The van der Waals surface area contributed by atoms with Crippen LogP contribution in [0.4, 0.5) is 0 Å². The van der Waals surface area contributed by atoms with E-state index in [1.807, 2.05) is 13.8 Å². The van der Waals surface area contributed by atoms with Crippen molar-refractivity contribution in [1.82, 2.24) is 0 Å². The van der Waals surface area contributed by atoms with Gasteiger partial charge in [-0.25, -0.2) is 0 Å².